The van der Waals surface area contributed by atoms with Crippen molar-refractivity contribution in [1.29, 1.82) is 0 Å². The van der Waals surface area contributed by atoms with Crippen LogP contribution >= 0.6 is 0 Å². The average Bonchev–Trinajstić information content (AvgIpc) is 3.07. The van der Waals surface area contributed by atoms with Gasteiger partial charge in [0.2, 0.25) is 0 Å². The lowest BCUT2D eigenvalue weighted by Gasteiger charge is -2.01. The molecule has 22 heavy (non-hydrogen) atoms. The van der Waals surface area contributed by atoms with Gasteiger partial charge in [0, 0.05) is 5.56 Å². The van der Waals surface area contributed by atoms with Gasteiger partial charge in [-0.1, -0.05) is 30.3 Å². The molecule has 3 aromatic rings. The fraction of sp³-hybridized carbons (Fsp3) is 0. The van der Waals surface area contributed by atoms with Crippen LogP contribution in [0.4, 0.5) is 4.39 Å². The first-order valence-corrected chi connectivity index (χ1v) is 6.54. The van der Waals surface area contributed by atoms with Gasteiger partial charge < -0.3 is 0 Å². The molecule has 0 fully saturated rings. The summed E-state index contributed by atoms with van der Waals surface area (Å²) >= 11 is 0. The van der Waals surface area contributed by atoms with E-state index < -0.39 is 0 Å². The second kappa shape index (κ2) is 6.09. The van der Waals surface area contributed by atoms with Gasteiger partial charge in [0.1, 0.15) is 12.1 Å². The van der Waals surface area contributed by atoms with Gasteiger partial charge in [-0.3, -0.25) is 4.79 Å². The Kier molecular flexibility index (Phi) is 3.82. The van der Waals surface area contributed by atoms with Crippen LogP contribution in [0.15, 0.2) is 60.9 Å². The van der Waals surface area contributed by atoms with Gasteiger partial charge in [-0.05, 0) is 46.3 Å². The minimum atomic E-state index is -0.338. The molecule has 2 aromatic carbocycles. The number of benzene rings is 2. The predicted octanol–water partition coefficient (Wildman–Crippen LogP) is 2.70. The van der Waals surface area contributed by atoms with E-state index in [2.05, 4.69) is 15.5 Å². The van der Waals surface area contributed by atoms with E-state index in [4.69, 9.17) is 0 Å². The summed E-state index contributed by atoms with van der Waals surface area (Å²) in [5, 5.41) is 10.9. The van der Waals surface area contributed by atoms with Crippen LogP contribution in [0.25, 0.3) is 11.8 Å². The maximum absolute atomic E-state index is 13.1. The molecular formula is C16H11FN4O. The molecular weight excluding hydrogens is 283 g/mol. The number of tetrazole rings is 1. The average molecular weight is 294 g/mol. The standard InChI is InChI=1S/C16H11FN4O/c17-14-5-1-3-12(9-14)7-8-16(22)13-4-2-6-15(10-13)21-11-18-19-20-21/h1-11H/b8-7+. The summed E-state index contributed by atoms with van der Waals surface area (Å²) in [4.78, 5) is 12.2. The zero-order chi connectivity index (χ0) is 15.4. The Labute approximate surface area is 125 Å². The maximum atomic E-state index is 13.1. The second-order valence-corrected chi connectivity index (χ2v) is 4.56. The van der Waals surface area contributed by atoms with Crippen LogP contribution < -0.4 is 0 Å². The summed E-state index contributed by atoms with van der Waals surface area (Å²) in [7, 11) is 0. The number of carbonyl (C=O) groups is 1. The summed E-state index contributed by atoms with van der Waals surface area (Å²) in [6.07, 6.45) is 4.44. The van der Waals surface area contributed by atoms with Crippen molar-refractivity contribution in [3.63, 3.8) is 0 Å². The molecule has 0 bridgehead atoms. The Morgan fingerprint density at radius 2 is 2.00 bits per heavy atom. The molecule has 0 aliphatic heterocycles. The van der Waals surface area contributed by atoms with Crippen LogP contribution in [0.3, 0.4) is 0 Å². The normalized spacial score (nSPS) is 11.0. The van der Waals surface area contributed by atoms with Crippen LogP contribution in [0.5, 0.6) is 0 Å². The fourth-order valence-electron chi connectivity index (χ4n) is 1.96. The Hall–Kier alpha value is -3.15. The monoisotopic (exact) mass is 294 g/mol. The molecule has 0 saturated heterocycles. The lowest BCUT2D eigenvalue weighted by Crippen LogP contribution is -1.99. The van der Waals surface area contributed by atoms with Crippen molar-refractivity contribution in [2.24, 2.45) is 0 Å². The summed E-state index contributed by atoms with van der Waals surface area (Å²) in [6.45, 7) is 0. The van der Waals surface area contributed by atoms with Crippen LogP contribution in [0.1, 0.15) is 15.9 Å². The quantitative estimate of drug-likeness (QED) is 0.548. The van der Waals surface area contributed by atoms with Crippen LogP contribution in [-0.4, -0.2) is 26.0 Å². The van der Waals surface area contributed by atoms with Gasteiger partial charge in [0.15, 0.2) is 5.78 Å². The van der Waals surface area contributed by atoms with Gasteiger partial charge in [-0.15, -0.1) is 5.10 Å². The molecule has 1 aromatic heterocycles. The Morgan fingerprint density at radius 1 is 1.14 bits per heavy atom. The molecule has 0 unspecified atom stereocenters. The highest BCUT2D eigenvalue weighted by Gasteiger charge is 2.05. The first-order valence-electron chi connectivity index (χ1n) is 6.54. The number of hydrogen-bond acceptors (Lipinski definition) is 4. The van der Waals surface area contributed by atoms with Crippen LogP contribution in [-0.2, 0) is 0 Å². The second-order valence-electron chi connectivity index (χ2n) is 4.56. The Balaban J connectivity index is 1.82. The van der Waals surface area contributed by atoms with E-state index in [1.165, 1.54) is 29.2 Å². The molecule has 0 aliphatic carbocycles. The lowest BCUT2D eigenvalue weighted by atomic mass is 10.1. The number of ketones is 1. The predicted molar refractivity (Wildman–Crippen MR) is 78.9 cm³/mol. The van der Waals surface area contributed by atoms with Crippen molar-refractivity contribution in [2.75, 3.05) is 0 Å². The highest BCUT2D eigenvalue weighted by Crippen LogP contribution is 2.11. The number of nitrogens with zero attached hydrogens (tertiary/aromatic N) is 4. The van der Waals surface area contributed by atoms with Gasteiger partial charge >= 0.3 is 0 Å². The zero-order valence-electron chi connectivity index (χ0n) is 11.4. The molecule has 108 valence electrons. The lowest BCUT2D eigenvalue weighted by molar-refractivity contribution is 0.104. The van der Waals surface area contributed by atoms with Crippen LogP contribution in [0, 0.1) is 5.82 Å². The molecule has 0 aliphatic rings. The third-order valence-electron chi connectivity index (χ3n) is 3.02. The van der Waals surface area contributed by atoms with E-state index in [0.29, 0.717) is 16.8 Å². The summed E-state index contributed by atoms with van der Waals surface area (Å²) in [5.41, 5.74) is 1.82. The SMILES string of the molecule is O=C(/C=C/c1cccc(F)c1)c1cccc(-n2cnnn2)c1. The number of aromatic nitrogens is 4. The topological polar surface area (TPSA) is 60.7 Å². The highest BCUT2D eigenvalue weighted by molar-refractivity contribution is 6.07. The van der Waals surface area contributed by atoms with Crippen molar-refractivity contribution in [3.05, 3.63) is 77.9 Å². The molecule has 3 rings (SSSR count). The summed E-state index contributed by atoms with van der Waals surface area (Å²) in [5.74, 6) is -0.519. The number of carbonyl (C=O) groups excluding carboxylic acids is 1. The van der Waals surface area contributed by atoms with E-state index in [9.17, 15) is 9.18 Å². The molecule has 0 atom stereocenters. The van der Waals surface area contributed by atoms with Crippen molar-refractivity contribution >= 4 is 11.9 Å². The fourth-order valence-corrected chi connectivity index (χ4v) is 1.96. The molecule has 5 nitrogen and oxygen atoms in total. The molecule has 0 saturated carbocycles. The number of halogens is 1. The summed E-state index contributed by atoms with van der Waals surface area (Å²) in [6, 6.07) is 13.0. The molecule has 0 N–H and O–H groups in total. The summed E-state index contributed by atoms with van der Waals surface area (Å²) < 4.78 is 14.5. The van der Waals surface area contributed by atoms with Gasteiger partial charge in [-0.2, -0.15) is 0 Å². The zero-order valence-corrected chi connectivity index (χ0v) is 11.4. The Morgan fingerprint density at radius 3 is 2.77 bits per heavy atom. The minimum Gasteiger partial charge on any atom is -0.289 e. The molecule has 0 amide bonds. The van der Waals surface area contributed by atoms with E-state index >= 15 is 0 Å². The van der Waals surface area contributed by atoms with Crippen molar-refractivity contribution in [1.82, 2.24) is 20.2 Å². The smallest absolute Gasteiger partial charge is 0.185 e. The molecule has 1 heterocycles. The molecule has 6 heteroatoms. The number of allylic oxidation sites excluding steroid dienone is 1. The van der Waals surface area contributed by atoms with E-state index in [1.807, 2.05) is 0 Å². The van der Waals surface area contributed by atoms with E-state index in [1.54, 1.807) is 42.5 Å². The van der Waals surface area contributed by atoms with E-state index in [0.717, 1.165) is 0 Å². The van der Waals surface area contributed by atoms with E-state index in [-0.39, 0.29) is 11.6 Å². The van der Waals surface area contributed by atoms with Gasteiger partial charge in [-0.25, -0.2) is 9.07 Å². The number of rotatable bonds is 4. The molecule has 0 spiro atoms. The Bertz CT molecular complexity index is 828. The van der Waals surface area contributed by atoms with Crippen LogP contribution in [0.2, 0.25) is 0 Å². The van der Waals surface area contributed by atoms with Gasteiger partial charge in [0.05, 0.1) is 5.69 Å². The third-order valence-corrected chi connectivity index (χ3v) is 3.02. The molecule has 0 radical (unpaired) electrons. The van der Waals surface area contributed by atoms with Gasteiger partial charge in [0.25, 0.3) is 0 Å². The van der Waals surface area contributed by atoms with Crippen molar-refractivity contribution in [3.8, 4) is 5.69 Å². The minimum absolute atomic E-state index is 0.181. The first-order chi connectivity index (χ1) is 10.7. The largest absolute Gasteiger partial charge is 0.289 e. The first kappa shape index (κ1) is 13.8. The maximum Gasteiger partial charge on any atom is 0.185 e. The third kappa shape index (κ3) is 3.12. The number of hydrogen-bond donors (Lipinski definition) is 0. The van der Waals surface area contributed by atoms with Crippen molar-refractivity contribution < 1.29 is 9.18 Å². The van der Waals surface area contributed by atoms with Crippen molar-refractivity contribution in [2.45, 2.75) is 0 Å². The highest BCUT2D eigenvalue weighted by atomic mass is 19.1.